The number of aromatic nitrogens is 3. The van der Waals surface area contributed by atoms with Crippen LogP contribution in [0.25, 0.3) is 0 Å². The monoisotopic (exact) mass is 202 g/mol. The van der Waals surface area contributed by atoms with Crippen molar-refractivity contribution in [3.05, 3.63) is 5.82 Å². The Balaban J connectivity index is 2.33. The lowest BCUT2D eigenvalue weighted by Crippen LogP contribution is -2.28. The molecule has 0 amide bonds. The first kappa shape index (κ1) is 9.36. The van der Waals surface area contributed by atoms with E-state index in [1.165, 1.54) is 4.68 Å². The zero-order valence-electron chi connectivity index (χ0n) is 7.87. The SMILES string of the molecule is CCc1nc2n(n1)C(C(F)F)CCN2. The number of hydrogen-bond donors (Lipinski definition) is 1. The van der Waals surface area contributed by atoms with Gasteiger partial charge in [0.15, 0.2) is 5.82 Å². The minimum Gasteiger partial charge on any atom is -0.354 e. The number of nitrogens with one attached hydrogen (secondary N) is 1. The van der Waals surface area contributed by atoms with Crippen LogP contribution in [-0.2, 0) is 6.42 Å². The Morgan fingerprint density at radius 1 is 1.64 bits per heavy atom. The van der Waals surface area contributed by atoms with Crippen LogP contribution in [0.5, 0.6) is 0 Å². The average Bonchev–Trinajstić information content (AvgIpc) is 2.59. The van der Waals surface area contributed by atoms with E-state index in [1.54, 1.807) is 0 Å². The number of hydrogen-bond acceptors (Lipinski definition) is 3. The fraction of sp³-hybridized carbons (Fsp3) is 0.750. The van der Waals surface area contributed by atoms with Gasteiger partial charge in [0, 0.05) is 13.0 Å². The first-order chi connectivity index (χ1) is 6.72. The largest absolute Gasteiger partial charge is 0.354 e. The van der Waals surface area contributed by atoms with Crippen LogP contribution in [0.15, 0.2) is 0 Å². The summed E-state index contributed by atoms with van der Waals surface area (Å²) in [4.78, 5) is 4.11. The summed E-state index contributed by atoms with van der Waals surface area (Å²) < 4.78 is 26.5. The van der Waals surface area contributed by atoms with Crippen LogP contribution in [0.1, 0.15) is 25.2 Å². The third kappa shape index (κ3) is 1.44. The van der Waals surface area contributed by atoms with Gasteiger partial charge in [0.2, 0.25) is 5.95 Å². The Morgan fingerprint density at radius 2 is 2.43 bits per heavy atom. The molecule has 1 N–H and O–H groups in total. The van der Waals surface area contributed by atoms with Crippen molar-refractivity contribution in [2.24, 2.45) is 0 Å². The molecule has 0 saturated carbocycles. The van der Waals surface area contributed by atoms with Crippen LogP contribution >= 0.6 is 0 Å². The molecule has 1 aliphatic rings. The van der Waals surface area contributed by atoms with E-state index in [2.05, 4.69) is 15.4 Å². The highest BCUT2D eigenvalue weighted by Gasteiger charge is 2.29. The topological polar surface area (TPSA) is 42.7 Å². The molecule has 2 heterocycles. The molecule has 0 bridgehead atoms. The molecule has 0 aromatic carbocycles. The van der Waals surface area contributed by atoms with Gasteiger partial charge in [0.1, 0.15) is 6.04 Å². The summed E-state index contributed by atoms with van der Waals surface area (Å²) in [6.45, 7) is 2.44. The fourth-order valence-electron chi connectivity index (χ4n) is 1.56. The Morgan fingerprint density at radius 3 is 3.07 bits per heavy atom. The Kier molecular flexibility index (Phi) is 2.35. The number of nitrogens with zero attached hydrogens (tertiary/aromatic N) is 3. The number of halogens is 2. The number of alkyl halides is 2. The van der Waals surface area contributed by atoms with E-state index < -0.39 is 12.5 Å². The molecule has 1 unspecified atom stereocenters. The van der Waals surface area contributed by atoms with Gasteiger partial charge in [-0.3, -0.25) is 0 Å². The Bertz CT molecular complexity index is 323. The first-order valence-corrected chi connectivity index (χ1v) is 4.69. The zero-order chi connectivity index (χ0) is 10.1. The van der Waals surface area contributed by atoms with E-state index in [0.717, 1.165) is 0 Å². The van der Waals surface area contributed by atoms with Crippen molar-refractivity contribution in [1.29, 1.82) is 0 Å². The van der Waals surface area contributed by atoms with Gasteiger partial charge < -0.3 is 5.32 Å². The molecule has 0 spiro atoms. The Hall–Kier alpha value is -1.20. The van der Waals surface area contributed by atoms with Crippen LogP contribution in [-0.4, -0.2) is 27.7 Å². The summed E-state index contributed by atoms with van der Waals surface area (Å²) >= 11 is 0. The van der Waals surface area contributed by atoms with Gasteiger partial charge >= 0.3 is 0 Å². The van der Waals surface area contributed by atoms with E-state index in [1.807, 2.05) is 6.92 Å². The van der Waals surface area contributed by atoms with Crippen molar-refractivity contribution in [2.45, 2.75) is 32.2 Å². The maximum Gasteiger partial charge on any atom is 0.260 e. The fourth-order valence-corrected chi connectivity index (χ4v) is 1.56. The van der Waals surface area contributed by atoms with E-state index in [-0.39, 0.29) is 0 Å². The van der Waals surface area contributed by atoms with Gasteiger partial charge in [0.25, 0.3) is 6.43 Å². The molecular formula is C8H12F2N4. The molecule has 0 radical (unpaired) electrons. The zero-order valence-corrected chi connectivity index (χ0v) is 7.87. The normalized spacial score (nSPS) is 20.7. The van der Waals surface area contributed by atoms with Crippen LogP contribution in [0.4, 0.5) is 14.7 Å². The third-order valence-corrected chi connectivity index (χ3v) is 2.32. The molecule has 2 rings (SSSR count). The standard InChI is InChI=1S/C8H12F2N4/c1-2-6-12-8-11-4-3-5(7(9)10)14(8)13-6/h5,7H,2-4H2,1H3,(H,11,12,13). The van der Waals surface area contributed by atoms with Crippen molar-refractivity contribution in [1.82, 2.24) is 14.8 Å². The molecule has 1 atom stereocenters. The molecule has 0 aliphatic carbocycles. The number of fused-ring (bicyclic) bond motifs is 1. The maximum atomic E-state index is 12.6. The van der Waals surface area contributed by atoms with Crippen LogP contribution in [0.2, 0.25) is 0 Å². The predicted octanol–water partition coefficient (Wildman–Crippen LogP) is 1.46. The first-order valence-electron chi connectivity index (χ1n) is 4.69. The van der Waals surface area contributed by atoms with Crippen molar-refractivity contribution in [2.75, 3.05) is 11.9 Å². The quantitative estimate of drug-likeness (QED) is 0.789. The minimum absolute atomic E-state index is 0.400. The van der Waals surface area contributed by atoms with E-state index in [0.29, 0.717) is 31.2 Å². The van der Waals surface area contributed by atoms with Crippen molar-refractivity contribution < 1.29 is 8.78 Å². The molecule has 1 aromatic rings. The van der Waals surface area contributed by atoms with Crippen molar-refractivity contribution in [3.63, 3.8) is 0 Å². The van der Waals surface area contributed by atoms with E-state index in [9.17, 15) is 8.78 Å². The van der Waals surface area contributed by atoms with Crippen LogP contribution in [0.3, 0.4) is 0 Å². The lowest BCUT2D eigenvalue weighted by molar-refractivity contribution is 0.0711. The molecule has 0 fully saturated rings. The summed E-state index contributed by atoms with van der Waals surface area (Å²) in [5.74, 6) is 1.08. The van der Waals surface area contributed by atoms with Crippen molar-refractivity contribution in [3.8, 4) is 0 Å². The van der Waals surface area contributed by atoms with Gasteiger partial charge in [-0.2, -0.15) is 10.1 Å². The second-order valence-electron chi connectivity index (χ2n) is 3.27. The number of anilines is 1. The molecular weight excluding hydrogens is 190 g/mol. The molecule has 1 aromatic heterocycles. The molecule has 1 aliphatic heterocycles. The summed E-state index contributed by atoms with van der Waals surface area (Å²) in [5, 5.41) is 6.99. The molecule has 78 valence electrons. The van der Waals surface area contributed by atoms with Gasteiger partial charge in [-0.25, -0.2) is 13.5 Å². The molecule has 6 heteroatoms. The van der Waals surface area contributed by atoms with E-state index in [4.69, 9.17) is 0 Å². The minimum atomic E-state index is -2.37. The number of rotatable bonds is 2. The van der Waals surface area contributed by atoms with Gasteiger partial charge in [0.05, 0.1) is 0 Å². The summed E-state index contributed by atoms with van der Waals surface area (Å²) in [5.41, 5.74) is 0. The maximum absolute atomic E-state index is 12.6. The lowest BCUT2D eigenvalue weighted by Gasteiger charge is -2.23. The van der Waals surface area contributed by atoms with Crippen molar-refractivity contribution >= 4 is 5.95 Å². The second kappa shape index (κ2) is 3.51. The van der Waals surface area contributed by atoms with Gasteiger partial charge in [-0.05, 0) is 6.42 Å². The highest BCUT2D eigenvalue weighted by molar-refractivity contribution is 5.28. The summed E-state index contributed by atoms with van der Waals surface area (Å²) in [6, 6.07) is -0.820. The van der Waals surface area contributed by atoms with E-state index >= 15 is 0 Å². The molecule has 4 nitrogen and oxygen atoms in total. The van der Waals surface area contributed by atoms with Crippen LogP contribution in [0, 0.1) is 0 Å². The predicted molar refractivity (Wildman–Crippen MR) is 47.5 cm³/mol. The number of aryl methyl sites for hydroxylation is 1. The third-order valence-electron chi connectivity index (χ3n) is 2.32. The lowest BCUT2D eigenvalue weighted by atomic mass is 10.2. The smallest absolute Gasteiger partial charge is 0.260 e. The average molecular weight is 202 g/mol. The van der Waals surface area contributed by atoms with Gasteiger partial charge in [-0.15, -0.1) is 0 Å². The highest BCUT2D eigenvalue weighted by atomic mass is 19.3. The molecule has 14 heavy (non-hydrogen) atoms. The highest BCUT2D eigenvalue weighted by Crippen LogP contribution is 2.26. The summed E-state index contributed by atoms with van der Waals surface area (Å²) in [6.07, 6.45) is -1.31. The second-order valence-corrected chi connectivity index (χ2v) is 3.27. The van der Waals surface area contributed by atoms with Gasteiger partial charge in [-0.1, -0.05) is 6.92 Å². The Labute approximate surface area is 80.3 Å². The van der Waals surface area contributed by atoms with Crippen LogP contribution < -0.4 is 5.32 Å². The summed E-state index contributed by atoms with van der Waals surface area (Å²) in [7, 11) is 0. The molecule has 0 saturated heterocycles.